The predicted molar refractivity (Wildman–Crippen MR) is 146 cm³/mol. The van der Waals surface area contributed by atoms with E-state index in [1.807, 2.05) is 10.6 Å². The zero-order chi connectivity index (χ0) is 28.4. The van der Waals surface area contributed by atoms with Gasteiger partial charge in [0.2, 0.25) is 6.41 Å². The summed E-state index contributed by atoms with van der Waals surface area (Å²) in [6, 6.07) is 2.61. The predicted octanol–water partition coefficient (Wildman–Crippen LogP) is 0.925. The number of nitrogens with one attached hydrogen (secondary N) is 2. The molecule has 208 valence electrons. The molecule has 5 rings (SSSR count). The Hall–Kier alpha value is -4.09. The number of hydrogen-bond donors (Lipinski definition) is 4. The van der Waals surface area contributed by atoms with Gasteiger partial charge in [-0.05, 0) is 6.07 Å². The molecule has 40 heavy (non-hydrogen) atoms. The van der Waals surface area contributed by atoms with Crippen molar-refractivity contribution < 1.29 is 38.1 Å². The Morgan fingerprint density at radius 1 is 1.38 bits per heavy atom. The van der Waals surface area contributed by atoms with Crippen molar-refractivity contribution in [2.24, 2.45) is 5.16 Å². The summed E-state index contributed by atoms with van der Waals surface area (Å²) in [4.78, 5) is 60.3. The summed E-state index contributed by atoms with van der Waals surface area (Å²) in [5.41, 5.74) is 6.48. The van der Waals surface area contributed by atoms with E-state index in [9.17, 15) is 28.7 Å². The number of pyridine rings is 1. The number of aliphatic carboxylic acids is 1. The quantitative estimate of drug-likeness (QED) is 0.0617. The van der Waals surface area contributed by atoms with Crippen LogP contribution in [0.15, 0.2) is 45.5 Å². The first kappa shape index (κ1) is 27.5. The van der Waals surface area contributed by atoms with E-state index >= 15 is 0 Å². The monoisotopic (exact) mass is 606 g/mol. The molecule has 2 aliphatic rings. The van der Waals surface area contributed by atoms with Crippen LogP contribution in [0.5, 0.6) is 0 Å². The fourth-order valence-corrected chi connectivity index (χ4v) is 7.19. The number of aromatic nitrogens is 2. The first-order valence-corrected chi connectivity index (χ1v) is 14.4. The van der Waals surface area contributed by atoms with Gasteiger partial charge in [0.1, 0.15) is 36.1 Å². The van der Waals surface area contributed by atoms with E-state index in [0.717, 1.165) is 21.6 Å². The third-order valence-corrected chi connectivity index (χ3v) is 9.06. The molecule has 0 spiro atoms. The van der Waals surface area contributed by atoms with Gasteiger partial charge in [0.15, 0.2) is 23.6 Å². The van der Waals surface area contributed by atoms with E-state index in [4.69, 9.17) is 10.6 Å². The largest absolute Gasteiger partial charge is 0.477 e. The summed E-state index contributed by atoms with van der Waals surface area (Å²) in [5.74, 6) is -2.37. The smallest absolute Gasteiger partial charge is 0.352 e. The highest BCUT2D eigenvalue weighted by Gasteiger charge is 2.55. The van der Waals surface area contributed by atoms with Crippen molar-refractivity contribution in [2.45, 2.75) is 18.0 Å². The molecule has 2 atom stereocenters. The number of oxime groups is 1. The Morgan fingerprint density at radius 2 is 2.20 bits per heavy atom. The minimum Gasteiger partial charge on any atom is -0.477 e. The first-order valence-electron chi connectivity index (χ1n) is 11.6. The highest BCUT2D eigenvalue weighted by atomic mass is 32.2. The topological polar surface area (TPSA) is 180 Å². The summed E-state index contributed by atoms with van der Waals surface area (Å²) in [7, 11) is 0. The Morgan fingerprint density at radius 3 is 2.90 bits per heavy atom. The molecule has 3 aromatic rings. The van der Waals surface area contributed by atoms with Crippen molar-refractivity contribution >= 4 is 85.4 Å². The summed E-state index contributed by atoms with van der Waals surface area (Å²) in [6.07, 6.45) is 2.38. The number of carboxylic acids is 1. The zero-order valence-electron chi connectivity index (χ0n) is 20.4. The molecule has 0 saturated carbocycles. The number of β-lactam (4-membered cyclic amide) rings is 1. The number of carbonyl (C=O) groups is 4. The van der Waals surface area contributed by atoms with E-state index in [-0.39, 0.29) is 35.4 Å². The number of hydrogen-bond acceptors (Lipinski definition) is 11. The van der Waals surface area contributed by atoms with Crippen molar-refractivity contribution in [3.63, 3.8) is 0 Å². The van der Waals surface area contributed by atoms with Gasteiger partial charge >= 0.3 is 5.97 Å². The summed E-state index contributed by atoms with van der Waals surface area (Å²) >= 11 is 3.77. The summed E-state index contributed by atoms with van der Waals surface area (Å²) < 4.78 is 14.4. The number of amides is 3. The standard InChI is InChI=1S/C23H20FN7O6S3/c24-3-5-37-29-15(14-9-40-23(25)27-14)18(33)28-16-19(34)31-17(22(35)36)11(7-38-21(16)31)6-30-4-1-2-12-13(26-10-32)8-39-20(12)30/h1-2,4,8-10,16,21H,3,5-7H2,(H4-,25,26,27,28,32,33,35,36)/p+1/b29-15-/t16?,21-/m1/s1. The molecule has 13 nitrogen and oxygen atoms in total. The van der Waals surface area contributed by atoms with Gasteiger partial charge in [-0.2, -0.15) is 4.57 Å². The average Bonchev–Trinajstić information content (AvgIpc) is 3.56. The van der Waals surface area contributed by atoms with Crippen molar-refractivity contribution in [3.8, 4) is 0 Å². The molecule has 1 fully saturated rings. The molecule has 17 heteroatoms. The molecule has 1 unspecified atom stereocenters. The SMILES string of the molecule is Nc1nc(/C(=N/OCCF)C(=O)NC2C(=O)N3C(C(=O)O)=C(C[n+]4cccc5c(NC=O)csc54)CS[C@H]23)cs1. The molecule has 0 bridgehead atoms. The maximum atomic E-state index is 13.2. The molecule has 5 N–H and O–H groups in total. The molecule has 0 aromatic carbocycles. The molecule has 5 heterocycles. The number of nitrogens with zero attached hydrogens (tertiary/aromatic N) is 4. The Kier molecular flexibility index (Phi) is 7.95. The molecule has 3 amide bonds. The van der Waals surface area contributed by atoms with E-state index in [0.29, 0.717) is 23.4 Å². The lowest BCUT2D eigenvalue weighted by atomic mass is 10.0. The number of halogens is 1. The van der Waals surface area contributed by atoms with Crippen LogP contribution in [-0.2, 0) is 30.6 Å². The summed E-state index contributed by atoms with van der Waals surface area (Å²) in [5, 5.41) is 22.5. The molecule has 3 aromatic heterocycles. The summed E-state index contributed by atoms with van der Waals surface area (Å²) in [6.45, 7) is -1.00. The van der Waals surface area contributed by atoms with Gasteiger partial charge in [0.05, 0.1) is 11.1 Å². The first-order chi connectivity index (χ1) is 19.3. The van der Waals surface area contributed by atoms with Crippen LogP contribution < -0.4 is 20.9 Å². The molecule has 1 saturated heterocycles. The fourth-order valence-electron chi connectivity index (χ4n) is 4.32. The van der Waals surface area contributed by atoms with Crippen molar-refractivity contribution in [2.75, 3.05) is 30.1 Å². The lowest BCUT2D eigenvalue weighted by molar-refractivity contribution is -0.661. The van der Waals surface area contributed by atoms with E-state index in [1.165, 1.54) is 33.4 Å². The Labute approximate surface area is 237 Å². The van der Waals surface area contributed by atoms with Crippen LogP contribution in [0.1, 0.15) is 5.69 Å². The van der Waals surface area contributed by atoms with E-state index in [1.54, 1.807) is 17.6 Å². The highest BCUT2D eigenvalue weighted by molar-refractivity contribution is 8.00. The van der Waals surface area contributed by atoms with Crippen molar-refractivity contribution in [1.29, 1.82) is 0 Å². The number of alkyl halides is 1. The average molecular weight is 607 g/mol. The van der Waals surface area contributed by atoms with Crippen molar-refractivity contribution in [3.05, 3.63) is 46.1 Å². The van der Waals surface area contributed by atoms with Gasteiger partial charge < -0.3 is 26.3 Å². The number of thiophene rings is 1. The maximum Gasteiger partial charge on any atom is 0.352 e. The van der Waals surface area contributed by atoms with Crippen molar-refractivity contribution in [1.82, 2.24) is 15.2 Å². The normalized spacial score (nSPS) is 18.8. The minimum atomic E-state index is -1.26. The number of carboxylic acid groups (broad SMARTS) is 1. The fraction of sp³-hybridized carbons (Fsp3) is 0.261. The number of fused-ring (bicyclic) bond motifs is 2. The second-order valence-electron chi connectivity index (χ2n) is 8.42. The van der Waals surface area contributed by atoms with E-state index in [2.05, 4.69) is 20.8 Å². The van der Waals surface area contributed by atoms with E-state index < -0.39 is 35.9 Å². The number of anilines is 2. The molecular weight excluding hydrogens is 585 g/mol. The number of carbonyl (C=O) groups excluding carboxylic acids is 3. The Balaban J connectivity index is 1.37. The molecule has 0 aliphatic carbocycles. The van der Waals surface area contributed by atoms with Gasteiger partial charge in [-0.25, -0.2) is 14.2 Å². The lowest BCUT2D eigenvalue weighted by Gasteiger charge is -2.49. The lowest BCUT2D eigenvalue weighted by Crippen LogP contribution is -2.71. The van der Waals surface area contributed by atoms with Gasteiger partial charge in [-0.3, -0.25) is 19.3 Å². The zero-order valence-corrected chi connectivity index (χ0v) is 22.9. The van der Waals surface area contributed by atoms with Crippen LogP contribution in [0.3, 0.4) is 0 Å². The van der Waals surface area contributed by atoms with Crippen LogP contribution in [0.4, 0.5) is 15.2 Å². The highest BCUT2D eigenvalue weighted by Crippen LogP contribution is 2.40. The van der Waals surface area contributed by atoms with Crippen LogP contribution >= 0.6 is 34.4 Å². The molecule has 0 radical (unpaired) electrons. The third-order valence-electron chi connectivity index (χ3n) is 6.01. The van der Waals surface area contributed by atoms with Gasteiger partial charge in [-0.15, -0.1) is 23.1 Å². The van der Waals surface area contributed by atoms with Crippen LogP contribution in [0, 0.1) is 0 Å². The maximum absolute atomic E-state index is 13.2. The molecule has 2 aliphatic heterocycles. The Bertz CT molecular complexity index is 1570. The second-order valence-corrected chi connectivity index (χ2v) is 11.3. The number of nitrogen functional groups attached to an aromatic ring is 1. The van der Waals surface area contributed by atoms with Crippen LogP contribution in [-0.4, -0.2) is 75.3 Å². The minimum absolute atomic E-state index is 0.0958. The molecular formula is C23H21FN7O6S3+. The van der Waals surface area contributed by atoms with Gasteiger partial charge in [-0.1, -0.05) is 16.5 Å². The van der Waals surface area contributed by atoms with Gasteiger partial charge in [0, 0.05) is 28.2 Å². The number of rotatable bonds is 11. The second kappa shape index (κ2) is 11.6. The van der Waals surface area contributed by atoms with Crippen LogP contribution in [0.2, 0.25) is 0 Å². The third kappa shape index (κ3) is 5.09. The van der Waals surface area contributed by atoms with Crippen LogP contribution in [0.25, 0.3) is 10.2 Å². The number of thiazole rings is 1. The number of nitrogens with two attached hydrogens (primary N) is 1. The number of thioether (sulfide) groups is 1. The van der Waals surface area contributed by atoms with Gasteiger partial charge in [0.25, 0.3) is 16.6 Å².